The fourth-order valence-corrected chi connectivity index (χ4v) is 0.861. The molecule has 1 atom stereocenters. The predicted molar refractivity (Wildman–Crippen MR) is 43.6 cm³/mol. The molecule has 0 aromatic heterocycles. The monoisotopic (exact) mass is 134 g/mol. The summed E-state index contributed by atoms with van der Waals surface area (Å²) in [5.41, 5.74) is 6.65. The third-order valence-corrected chi connectivity index (χ3v) is 1.56. The van der Waals surface area contributed by atoms with Gasteiger partial charge >= 0.3 is 0 Å². The summed E-state index contributed by atoms with van der Waals surface area (Å²) in [6.07, 6.45) is 0. The second kappa shape index (κ2) is 3.37. The van der Waals surface area contributed by atoms with E-state index < -0.39 is 0 Å². The number of hydrogen-bond donors (Lipinski definition) is 1. The quantitative estimate of drug-likeness (QED) is 0.652. The summed E-state index contributed by atoms with van der Waals surface area (Å²) in [4.78, 5) is 0. The number of nitrogens with two attached hydrogens (primary N) is 1. The van der Waals surface area contributed by atoms with Crippen molar-refractivity contribution in [1.29, 1.82) is 0 Å². The highest BCUT2D eigenvalue weighted by Crippen LogP contribution is 2.11. The summed E-state index contributed by atoms with van der Waals surface area (Å²) in [5.74, 6) is 0.237. The molecule has 0 saturated heterocycles. The van der Waals surface area contributed by atoms with Crippen LogP contribution in [0.25, 0.3) is 0 Å². The molecule has 0 aliphatic rings. The Morgan fingerprint density at radius 3 is 2.40 bits per heavy atom. The Bertz CT molecular complexity index is 181. The fraction of sp³-hybridized carbons (Fsp3) is 0.222. The van der Waals surface area contributed by atoms with Crippen LogP contribution in [0.3, 0.4) is 0 Å². The van der Waals surface area contributed by atoms with Crippen molar-refractivity contribution in [3.05, 3.63) is 42.8 Å². The maximum atomic E-state index is 5.44. The first-order chi connectivity index (χ1) is 4.84. The van der Waals surface area contributed by atoms with Crippen LogP contribution >= 0.6 is 0 Å². The van der Waals surface area contributed by atoms with Gasteiger partial charge in [-0.15, -0.1) is 0 Å². The van der Waals surface area contributed by atoms with Crippen molar-refractivity contribution in [3.8, 4) is 0 Å². The lowest BCUT2D eigenvalue weighted by atomic mass is 10.0. The third-order valence-electron chi connectivity index (χ3n) is 1.56. The van der Waals surface area contributed by atoms with Crippen molar-refractivity contribution in [1.82, 2.24) is 0 Å². The molecule has 0 spiro atoms. The minimum absolute atomic E-state index is 0.237. The smallest absolute Gasteiger partial charge is 0.000823 e. The highest BCUT2D eigenvalue weighted by Gasteiger charge is 1.99. The average molecular weight is 134 g/mol. The second-order valence-corrected chi connectivity index (χ2v) is 2.34. The van der Waals surface area contributed by atoms with Crippen molar-refractivity contribution in [3.63, 3.8) is 0 Å². The first kappa shape index (κ1) is 7.29. The van der Waals surface area contributed by atoms with Crippen molar-refractivity contribution in [2.75, 3.05) is 6.54 Å². The Morgan fingerprint density at radius 1 is 1.30 bits per heavy atom. The van der Waals surface area contributed by atoms with Gasteiger partial charge in [-0.05, 0) is 24.9 Å². The molecule has 0 aliphatic carbocycles. The molecule has 1 aromatic rings. The summed E-state index contributed by atoms with van der Waals surface area (Å²) < 4.78 is 0. The van der Waals surface area contributed by atoms with E-state index in [0.717, 1.165) is 0 Å². The van der Waals surface area contributed by atoms with Crippen LogP contribution in [-0.4, -0.2) is 6.54 Å². The van der Waals surface area contributed by atoms with Gasteiger partial charge in [-0.25, -0.2) is 0 Å². The maximum absolute atomic E-state index is 5.44. The number of hydrogen-bond acceptors (Lipinski definition) is 1. The van der Waals surface area contributed by atoms with Gasteiger partial charge in [0.25, 0.3) is 0 Å². The van der Waals surface area contributed by atoms with E-state index in [4.69, 9.17) is 5.73 Å². The van der Waals surface area contributed by atoms with Gasteiger partial charge < -0.3 is 5.73 Å². The third kappa shape index (κ3) is 1.58. The van der Waals surface area contributed by atoms with Gasteiger partial charge in [0.2, 0.25) is 0 Å². The van der Waals surface area contributed by atoms with E-state index in [-0.39, 0.29) is 5.92 Å². The van der Waals surface area contributed by atoms with Gasteiger partial charge in [0, 0.05) is 0 Å². The molecule has 0 bridgehead atoms. The molecule has 0 saturated carbocycles. The first-order valence-electron chi connectivity index (χ1n) is 3.42. The summed E-state index contributed by atoms with van der Waals surface area (Å²) >= 11 is 0. The summed E-state index contributed by atoms with van der Waals surface area (Å²) in [5, 5.41) is 0. The van der Waals surface area contributed by atoms with Crippen LogP contribution in [-0.2, 0) is 0 Å². The molecule has 53 valence electrons. The second-order valence-electron chi connectivity index (χ2n) is 2.34. The predicted octanol–water partition coefficient (Wildman–Crippen LogP) is 1.56. The molecule has 1 unspecified atom stereocenters. The molecule has 0 amide bonds. The fourth-order valence-electron chi connectivity index (χ4n) is 0.861. The van der Waals surface area contributed by atoms with Crippen LogP contribution < -0.4 is 5.73 Å². The van der Waals surface area contributed by atoms with Gasteiger partial charge in [0.15, 0.2) is 0 Å². The van der Waals surface area contributed by atoms with Crippen molar-refractivity contribution >= 4 is 0 Å². The van der Waals surface area contributed by atoms with E-state index in [1.165, 1.54) is 5.56 Å². The molecule has 1 heteroatoms. The Labute approximate surface area is 61.9 Å². The molecule has 1 rings (SSSR count). The zero-order chi connectivity index (χ0) is 7.40. The van der Waals surface area contributed by atoms with E-state index in [1.807, 2.05) is 30.3 Å². The van der Waals surface area contributed by atoms with Gasteiger partial charge in [-0.1, -0.05) is 30.3 Å². The molecular formula is C9H12N. The Morgan fingerprint density at radius 2 is 1.90 bits per heavy atom. The summed E-state index contributed by atoms with van der Waals surface area (Å²) in [7, 11) is 0. The Hall–Kier alpha value is -0.820. The van der Waals surface area contributed by atoms with Crippen LogP contribution in [0.4, 0.5) is 0 Å². The van der Waals surface area contributed by atoms with Gasteiger partial charge in [0.05, 0.1) is 0 Å². The summed E-state index contributed by atoms with van der Waals surface area (Å²) in [6.45, 7) is 4.52. The van der Waals surface area contributed by atoms with Gasteiger partial charge in [0.1, 0.15) is 0 Å². The first-order valence-corrected chi connectivity index (χ1v) is 3.42. The van der Waals surface area contributed by atoms with Crippen molar-refractivity contribution in [2.45, 2.75) is 5.92 Å². The highest BCUT2D eigenvalue weighted by molar-refractivity contribution is 5.20. The molecule has 2 N–H and O–H groups in total. The van der Waals surface area contributed by atoms with Gasteiger partial charge in [-0.2, -0.15) is 0 Å². The zero-order valence-corrected chi connectivity index (χ0v) is 5.96. The normalized spacial score (nSPS) is 13.0. The zero-order valence-electron chi connectivity index (χ0n) is 5.96. The lowest BCUT2D eigenvalue weighted by molar-refractivity contribution is 0.846. The van der Waals surface area contributed by atoms with E-state index in [2.05, 4.69) is 6.92 Å². The highest BCUT2D eigenvalue weighted by atomic mass is 14.5. The number of benzene rings is 1. The van der Waals surface area contributed by atoms with Crippen molar-refractivity contribution in [2.24, 2.45) is 5.73 Å². The average Bonchev–Trinajstić information content (AvgIpc) is 2.05. The van der Waals surface area contributed by atoms with Crippen LogP contribution in [0.15, 0.2) is 30.3 Å². The van der Waals surface area contributed by atoms with E-state index in [1.54, 1.807) is 0 Å². The Kier molecular flexibility index (Phi) is 2.46. The van der Waals surface area contributed by atoms with Crippen LogP contribution in [0.1, 0.15) is 11.5 Å². The van der Waals surface area contributed by atoms with Crippen LogP contribution in [0.5, 0.6) is 0 Å². The van der Waals surface area contributed by atoms with E-state index >= 15 is 0 Å². The standard InChI is InChI=1S/C9H12N/c1-8(7-10)9-5-3-2-4-6-9/h2-6,8H,1,7,10H2. The van der Waals surface area contributed by atoms with Crippen molar-refractivity contribution < 1.29 is 0 Å². The molecule has 0 fully saturated rings. The lowest BCUT2D eigenvalue weighted by Crippen LogP contribution is -2.08. The van der Waals surface area contributed by atoms with E-state index in [0.29, 0.717) is 6.54 Å². The van der Waals surface area contributed by atoms with Crippen LogP contribution in [0, 0.1) is 6.92 Å². The molecule has 0 heterocycles. The maximum Gasteiger partial charge on any atom is -0.000823 e. The molecule has 1 aromatic carbocycles. The largest absolute Gasteiger partial charge is 0.330 e. The lowest BCUT2D eigenvalue weighted by Gasteiger charge is -2.06. The SMILES string of the molecule is [CH2]C(CN)c1ccccc1. The minimum Gasteiger partial charge on any atom is -0.330 e. The molecule has 1 radical (unpaired) electrons. The topological polar surface area (TPSA) is 26.0 Å². The molecule has 1 nitrogen and oxygen atoms in total. The Balaban J connectivity index is 2.75. The minimum atomic E-state index is 0.237. The van der Waals surface area contributed by atoms with E-state index in [9.17, 15) is 0 Å². The molecule has 10 heavy (non-hydrogen) atoms. The molecule has 0 aliphatic heterocycles. The van der Waals surface area contributed by atoms with Gasteiger partial charge in [-0.3, -0.25) is 0 Å². The summed E-state index contributed by atoms with van der Waals surface area (Å²) in [6, 6.07) is 10.1. The molecular weight excluding hydrogens is 122 g/mol. The number of rotatable bonds is 2. The van der Waals surface area contributed by atoms with Crippen LogP contribution in [0.2, 0.25) is 0 Å².